The Morgan fingerprint density at radius 3 is 2.22 bits per heavy atom. The number of amides is 1. The van der Waals surface area contributed by atoms with Crippen LogP contribution in [0.25, 0.3) is 0 Å². The summed E-state index contributed by atoms with van der Waals surface area (Å²) in [6.45, 7) is 12.0. The molecule has 0 bridgehead atoms. The van der Waals surface area contributed by atoms with Crippen LogP contribution in [0.1, 0.15) is 60.8 Å². The van der Waals surface area contributed by atoms with Crippen molar-refractivity contribution in [1.29, 1.82) is 0 Å². The molecule has 3 N–H and O–H groups in total. The van der Waals surface area contributed by atoms with E-state index in [-0.39, 0.29) is 11.9 Å². The Hall–Kier alpha value is -0.610. The molecule has 0 aliphatic heterocycles. The molecule has 0 aliphatic rings. The minimum Gasteiger partial charge on any atom is -0.389 e. The summed E-state index contributed by atoms with van der Waals surface area (Å²) in [4.78, 5) is 11.9. The van der Waals surface area contributed by atoms with E-state index in [0.717, 1.165) is 25.8 Å². The van der Waals surface area contributed by atoms with E-state index < -0.39 is 11.1 Å². The Morgan fingerprint density at radius 2 is 1.78 bits per heavy atom. The van der Waals surface area contributed by atoms with Crippen LogP contribution in [0.3, 0.4) is 0 Å². The van der Waals surface area contributed by atoms with Crippen molar-refractivity contribution >= 4 is 5.91 Å². The van der Waals surface area contributed by atoms with Crippen LogP contribution in [0, 0.1) is 0 Å². The first-order chi connectivity index (χ1) is 8.12. The summed E-state index contributed by atoms with van der Waals surface area (Å²) in [6.07, 6.45) is 3.30. The number of hydrogen-bond acceptors (Lipinski definition) is 3. The first-order valence-electron chi connectivity index (χ1n) is 6.89. The number of nitrogens with one attached hydrogen (secondary N) is 2. The van der Waals surface area contributed by atoms with E-state index in [1.54, 1.807) is 13.8 Å². The molecule has 108 valence electrons. The number of unbranched alkanes of at least 4 members (excludes halogenated alkanes) is 2. The molecule has 0 rings (SSSR count). The maximum atomic E-state index is 11.9. The molecule has 0 aliphatic carbocycles. The maximum absolute atomic E-state index is 11.9. The molecular formula is C14H30N2O2. The molecular weight excluding hydrogens is 228 g/mol. The molecule has 0 saturated heterocycles. The largest absolute Gasteiger partial charge is 0.389 e. The summed E-state index contributed by atoms with van der Waals surface area (Å²) >= 11 is 0. The second kappa shape index (κ2) is 7.10. The third-order valence-corrected chi connectivity index (χ3v) is 3.58. The van der Waals surface area contributed by atoms with Crippen LogP contribution >= 0.6 is 0 Å². The van der Waals surface area contributed by atoms with Crippen molar-refractivity contribution in [3.05, 3.63) is 0 Å². The van der Waals surface area contributed by atoms with Crippen molar-refractivity contribution in [3.8, 4) is 0 Å². The second-order valence-corrected chi connectivity index (χ2v) is 6.05. The lowest BCUT2D eigenvalue weighted by Gasteiger charge is -2.40. The van der Waals surface area contributed by atoms with Gasteiger partial charge >= 0.3 is 0 Å². The maximum Gasteiger partial charge on any atom is 0.236 e. The molecule has 18 heavy (non-hydrogen) atoms. The van der Waals surface area contributed by atoms with Gasteiger partial charge < -0.3 is 10.4 Å². The summed E-state index contributed by atoms with van der Waals surface area (Å²) in [7, 11) is 0. The molecule has 0 heterocycles. The van der Waals surface area contributed by atoms with Crippen LogP contribution in [0.15, 0.2) is 0 Å². The molecule has 1 amide bonds. The number of carbonyl (C=O) groups is 1. The summed E-state index contributed by atoms with van der Waals surface area (Å²) in [5, 5.41) is 16.1. The normalized spacial score (nSPS) is 14.4. The first-order valence-corrected chi connectivity index (χ1v) is 6.89. The zero-order valence-electron chi connectivity index (χ0n) is 12.8. The number of carbonyl (C=O) groups excluding carboxylic acids is 1. The molecule has 1 atom stereocenters. The Bertz CT molecular complexity index is 257. The minimum absolute atomic E-state index is 0.0107. The van der Waals surface area contributed by atoms with Crippen LogP contribution in [0.5, 0.6) is 0 Å². The van der Waals surface area contributed by atoms with Crippen molar-refractivity contribution in [2.24, 2.45) is 0 Å². The highest BCUT2D eigenvalue weighted by molar-refractivity contribution is 5.81. The van der Waals surface area contributed by atoms with Crippen molar-refractivity contribution < 1.29 is 9.90 Å². The van der Waals surface area contributed by atoms with Crippen molar-refractivity contribution in [2.75, 3.05) is 6.54 Å². The minimum atomic E-state index is -0.885. The predicted octanol–water partition coefficient (Wildman–Crippen LogP) is 1.82. The summed E-state index contributed by atoms with van der Waals surface area (Å²) in [5.41, 5.74) is -1.41. The Morgan fingerprint density at radius 1 is 1.22 bits per heavy atom. The summed E-state index contributed by atoms with van der Waals surface area (Å²) < 4.78 is 0. The molecule has 0 spiro atoms. The van der Waals surface area contributed by atoms with Crippen molar-refractivity contribution in [1.82, 2.24) is 10.6 Å². The topological polar surface area (TPSA) is 61.4 Å². The van der Waals surface area contributed by atoms with Gasteiger partial charge in [0.2, 0.25) is 5.91 Å². The average Bonchev–Trinajstić information content (AvgIpc) is 2.21. The SMILES string of the molecule is CCCCCNC(=O)C(C)NC(C)(C)C(C)(C)O. The fraction of sp³-hybridized carbons (Fsp3) is 0.929. The zero-order valence-corrected chi connectivity index (χ0v) is 12.8. The molecule has 0 aromatic heterocycles. The third kappa shape index (κ3) is 5.83. The third-order valence-electron chi connectivity index (χ3n) is 3.58. The van der Waals surface area contributed by atoms with E-state index in [0.29, 0.717) is 0 Å². The Balaban J connectivity index is 4.16. The molecule has 0 radical (unpaired) electrons. The highest BCUT2D eigenvalue weighted by atomic mass is 16.3. The van der Waals surface area contributed by atoms with Crippen LogP contribution in [-0.2, 0) is 4.79 Å². The highest BCUT2D eigenvalue weighted by Gasteiger charge is 2.36. The molecule has 0 saturated carbocycles. The van der Waals surface area contributed by atoms with Gasteiger partial charge in [-0.15, -0.1) is 0 Å². The lowest BCUT2D eigenvalue weighted by molar-refractivity contribution is -0.124. The number of aliphatic hydroxyl groups is 1. The quantitative estimate of drug-likeness (QED) is 0.582. The standard InChI is InChI=1S/C14H30N2O2/c1-7-8-9-10-15-12(17)11(2)16-13(3,4)14(5,6)18/h11,16,18H,7-10H2,1-6H3,(H,15,17). The van der Waals surface area contributed by atoms with E-state index in [9.17, 15) is 9.90 Å². The summed E-state index contributed by atoms with van der Waals surface area (Å²) in [5.74, 6) is -0.0107. The van der Waals surface area contributed by atoms with E-state index in [1.807, 2.05) is 20.8 Å². The van der Waals surface area contributed by atoms with Crippen molar-refractivity contribution in [3.63, 3.8) is 0 Å². The molecule has 4 heteroatoms. The number of hydrogen-bond donors (Lipinski definition) is 3. The van der Waals surface area contributed by atoms with Gasteiger partial charge in [-0.2, -0.15) is 0 Å². The van der Waals surface area contributed by atoms with Crippen LogP contribution in [0.4, 0.5) is 0 Å². The van der Waals surface area contributed by atoms with Gasteiger partial charge in [0, 0.05) is 12.1 Å². The van der Waals surface area contributed by atoms with Gasteiger partial charge in [0.15, 0.2) is 0 Å². The predicted molar refractivity (Wildman–Crippen MR) is 75.5 cm³/mol. The molecule has 0 aromatic carbocycles. The van der Waals surface area contributed by atoms with Gasteiger partial charge in [-0.3, -0.25) is 10.1 Å². The van der Waals surface area contributed by atoms with Crippen LogP contribution in [-0.4, -0.2) is 34.7 Å². The molecule has 4 nitrogen and oxygen atoms in total. The Labute approximate surface area is 112 Å². The van der Waals surface area contributed by atoms with E-state index in [2.05, 4.69) is 17.6 Å². The Kier molecular flexibility index (Phi) is 6.86. The second-order valence-electron chi connectivity index (χ2n) is 6.05. The molecule has 0 fully saturated rings. The van der Waals surface area contributed by atoms with E-state index in [1.165, 1.54) is 0 Å². The monoisotopic (exact) mass is 258 g/mol. The van der Waals surface area contributed by atoms with Crippen LogP contribution in [0.2, 0.25) is 0 Å². The lowest BCUT2D eigenvalue weighted by Crippen LogP contribution is -2.61. The highest BCUT2D eigenvalue weighted by Crippen LogP contribution is 2.21. The average molecular weight is 258 g/mol. The zero-order chi connectivity index (χ0) is 14.4. The van der Waals surface area contributed by atoms with E-state index in [4.69, 9.17) is 0 Å². The fourth-order valence-corrected chi connectivity index (χ4v) is 1.52. The van der Waals surface area contributed by atoms with Gasteiger partial charge in [-0.1, -0.05) is 19.8 Å². The van der Waals surface area contributed by atoms with Gasteiger partial charge in [0.05, 0.1) is 11.6 Å². The van der Waals surface area contributed by atoms with Crippen molar-refractivity contribution in [2.45, 2.75) is 78.0 Å². The fourth-order valence-electron chi connectivity index (χ4n) is 1.52. The van der Waals surface area contributed by atoms with Gasteiger partial charge in [-0.05, 0) is 41.0 Å². The summed E-state index contributed by atoms with van der Waals surface area (Å²) in [6, 6.07) is -0.312. The smallest absolute Gasteiger partial charge is 0.236 e. The molecule has 1 unspecified atom stereocenters. The van der Waals surface area contributed by atoms with Gasteiger partial charge in [0.25, 0.3) is 0 Å². The van der Waals surface area contributed by atoms with Gasteiger partial charge in [-0.25, -0.2) is 0 Å². The number of rotatable bonds is 8. The van der Waals surface area contributed by atoms with Gasteiger partial charge in [0.1, 0.15) is 0 Å². The van der Waals surface area contributed by atoms with Crippen LogP contribution < -0.4 is 10.6 Å². The lowest BCUT2D eigenvalue weighted by atomic mass is 9.85. The first kappa shape index (κ1) is 17.4. The molecule has 0 aromatic rings. The van der Waals surface area contributed by atoms with E-state index >= 15 is 0 Å².